The lowest BCUT2D eigenvalue weighted by molar-refractivity contribution is 0.0936. The van der Waals surface area contributed by atoms with E-state index in [1.54, 1.807) is 0 Å². The zero-order valence-corrected chi connectivity index (χ0v) is 10.3. The average molecular weight is 248 g/mol. The van der Waals surface area contributed by atoms with Gasteiger partial charge in [-0.05, 0) is 12.0 Å². The molecule has 2 rings (SSSR count). The Bertz CT molecular complexity index is 529. The third kappa shape index (κ3) is 2.50. The first-order valence-electron chi connectivity index (χ1n) is 6.10. The number of carbonyl (C=O) groups excluding carboxylic acids is 2. The molecule has 1 aliphatic carbocycles. The largest absolute Gasteiger partial charge is 0.355 e. The van der Waals surface area contributed by atoms with E-state index < -0.39 is 11.5 Å². The first-order chi connectivity index (χ1) is 8.61. The van der Waals surface area contributed by atoms with E-state index >= 15 is 0 Å². The summed E-state index contributed by atoms with van der Waals surface area (Å²) < 4.78 is 0. The Hall–Kier alpha value is -1.91. The number of H-pyrrole nitrogens is 1. The molecule has 1 saturated carbocycles. The van der Waals surface area contributed by atoms with Crippen molar-refractivity contribution in [1.82, 2.24) is 10.3 Å². The molecule has 0 bridgehead atoms. The predicted octanol–water partition coefficient (Wildman–Crippen LogP) is 1.11. The first-order valence-corrected chi connectivity index (χ1v) is 6.10. The lowest BCUT2D eigenvalue weighted by Gasteiger charge is -2.24. The molecule has 2 N–H and O–H groups in total. The van der Waals surface area contributed by atoms with E-state index in [-0.39, 0.29) is 11.3 Å². The van der Waals surface area contributed by atoms with Crippen LogP contribution in [0, 0.1) is 5.92 Å². The van der Waals surface area contributed by atoms with Crippen LogP contribution in [0.3, 0.4) is 0 Å². The van der Waals surface area contributed by atoms with E-state index in [9.17, 15) is 14.4 Å². The second-order valence-electron chi connectivity index (χ2n) is 4.63. The number of carbonyl (C=O) groups is 2. The minimum absolute atomic E-state index is 0.0129. The molecule has 1 aromatic rings. The number of Topliss-reactive ketones (excluding diaryl/α,β-unsaturated/α-hetero) is 1. The number of pyridine rings is 1. The van der Waals surface area contributed by atoms with E-state index in [0.29, 0.717) is 17.9 Å². The van der Waals surface area contributed by atoms with Crippen LogP contribution in [-0.2, 0) is 0 Å². The highest BCUT2D eigenvalue weighted by Crippen LogP contribution is 2.30. The van der Waals surface area contributed by atoms with Gasteiger partial charge in [0.1, 0.15) is 5.56 Å². The molecule has 96 valence electrons. The molecule has 5 heteroatoms. The van der Waals surface area contributed by atoms with Gasteiger partial charge in [0.05, 0.1) is 0 Å². The smallest absolute Gasteiger partial charge is 0.260 e. The second kappa shape index (κ2) is 5.16. The Labute approximate surface area is 105 Å². The zero-order chi connectivity index (χ0) is 13.1. The number of aromatic nitrogens is 1. The van der Waals surface area contributed by atoms with Gasteiger partial charge in [0.2, 0.25) is 0 Å². The minimum atomic E-state index is -0.477. The average Bonchev–Trinajstić information content (AvgIpc) is 2.33. The molecule has 0 aliphatic heterocycles. The van der Waals surface area contributed by atoms with Crippen molar-refractivity contribution in [3.8, 4) is 0 Å². The second-order valence-corrected chi connectivity index (χ2v) is 4.63. The van der Waals surface area contributed by atoms with Crippen molar-refractivity contribution >= 4 is 11.7 Å². The van der Waals surface area contributed by atoms with Gasteiger partial charge < -0.3 is 10.3 Å². The number of amides is 1. The van der Waals surface area contributed by atoms with Crippen molar-refractivity contribution < 1.29 is 9.59 Å². The molecule has 1 heterocycles. The fourth-order valence-corrected chi connectivity index (χ4v) is 2.03. The molecule has 0 saturated heterocycles. The molecule has 0 atom stereocenters. The molecule has 0 aromatic carbocycles. The van der Waals surface area contributed by atoms with Crippen molar-refractivity contribution in [1.29, 1.82) is 0 Å². The maximum atomic E-state index is 12.0. The first kappa shape index (κ1) is 12.5. The van der Waals surface area contributed by atoms with Crippen LogP contribution in [0.25, 0.3) is 0 Å². The van der Waals surface area contributed by atoms with Crippen LogP contribution in [0.1, 0.15) is 46.4 Å². The molecule has 18 heavy (non-hydrogen) atoms. The number of aromatic amines is 1. The predicted molar refractivity (Wildman–Crippen MR) is 66.7 cm³/mol. The van der Waals surface area contributed by atoms with Gasteiger partial charge in [0.25, 0.3) is 11.5 Å². The summed E-state index contributed by atoms with van der Waals surface area (Å²) in [7, 11) is 1.45. The van der Waals surface area contributed by atoms with E-state index in [1.807, 2.05) is 0 Å². The van der Waals surface area contributed by atoms with Gasteiger partial charge in [0.15, 0.2) is 5.78 Å². The maximum absolute atomic E-state index is 12.0. The molecule has 0 unspecified atom stereocenters. The summed E-state index contributed by atoms with van der Waals surface area (Å²) in [6.07, 6.45) is 5.26. The standard InChI is InChI=1S/C13H16N2O3/c1-14-12(17)10-6-9(7-15-13(10)18)11(16)5-8-3-2-4-8/h6-8H,2-5H2,1H3,(H,14,17)(H,15,18). The van der Waals surface area contributed by atoms with Crippen LogP contribution < -0.4 is 10.9 Å². The van der Waals surface area contributed by atoms with Crippen molar-refractivity contribution in [2.75, 3.05) is 7.05 Å². The van der Waals surface area contributed by atoms with Crippen molar-refractivity contribution in [2.45, 2.75) is 25.7 Å². The summed E-state index contributed by atoms with van der Waals surface area (Å²) in [4.78, 5) is 37.3. The summed E-state index contributed by atoms with van der Waals surface area (Å²) >= 11 is 0. The third-order valence-corrected chi connectivity index (χ3v) is 3.40. The minimum Gasteiger partial charge on any atom is -0.355 e. The highest BCUT2D eigenvalue weighted by atomic mass is 16.2. The summed E-state index contributed by atoms with van der Waals surface area (Å²) in [5.74, 6) is -0.0245. The molecular weight excluding hydrogens is 232 g/mol. The summed E-state index contributed by atoms with van der Waals surface area (Å²) in [5, 5.41) is 2.38. The van der Waals surface area contributed by atoms with Crippen molar-refractivity contribution in [2.24, 2.45) is 5.92 Å². The fourth-order valence-electron chi connectivity index (χ4n) is 2.03. The van der Waals surface area contributed by atoms with Crippen LogP contribution >= 0.6 is 0 Å². The fraction of sp³-hybridized carbons (Fsp3) is 0.462. The van der Waals surface area contributed by atoms with Gasteiger partial charge in [0, 0.05) is 25.2 Å². The normalized spacial score (nSPS) is 14.9. The molecule has 1 aromatic heterocycles. The van der Waals surface area contributed by atoms with Crippen LogP contribution in [0.2, 0.25) is 0 Å². The topological polar surface area (TPSA) is 79.0 Å². The summed E-state index contributed by atoms with van der Waals surface area (Å²) in [5.41, 5.74) is -0.0911. The van der Waals surface area contributed by atoms with Gasteiger partial charge in [-0.2, -0.15) is 0 Å². The Balaban J connectivity index is 2.20. The summed E-state index contributed by atoms with van der Waals surface area (Å²) in [6, 6.07) is 1.37. The van der Waals surface area contributed by atoms with Gasteiger partial charge in [-0.1, -0.05) is 19.3 Å². The number of ketones is 1. The van der Waals surface area contributed by atoms with Gasteiger partial charge in [-0.25, -0.2) is 0 Å². The maximum Gasteiger partial charge on any atom is 0.260 e. The Morgan fingerprint density at radius 1 is 1.44 bits per heavy atom. The third-order valence-electron chi connectivity index (χ3n) is 3.40. The van der Waals surface area contributed by atoms with Gasteiger partial charge in [-0.3, -0.25) is 14.4 Å². The van der Waals surface area contributed by atoms with Crippen molar-refractivity contribution in [3.05, 3.63) is 33.7 Å². The van der Waals surface area contributed by atoms with Gasteiger partial charge >= 0.3 is 0 Å². The molecule has 1 amide bonds. The molecular formula is C13H16N2O3. The Morgan fingerprint density at radius 3 is 2.72 bits per heavy atom. The van der Waals surface area contributed by atoms with E-state index in [0.717, 1.165) is 12.8 Å². The monoisotopic (exact) mass is 248 g/mol. The quantitative estimate of drug-likeness (QED) is 0.783. The summed E-state index contributed by atoms with van der Waals surface area (Å²) in [6.45, 7) is 0. The van der Waals surface area contributed by atoms with E-state index in [2.05, 4.69) is 10.3 Å². The highest BCUT2D eigenvalue weighted by Gasteiger charge is 2.22. The van der Waals surface area contributed by atoms with Crippen LogP contribution in [-0.4, -0.2) is 23.7 Å². The molecule has 5 nitrogen and oxygen atoms in total. The number of nitrogens with one attached hydrogen (secondary N) is 2. The SMILES string of the molecule is CNC(=O)c1cc(C(=O)CC2CCC2)c[nH]c1=O. The number of rotatable bonds is 4. The van der Waals surface area contributed by atoms with Crippen LogP contribution in [0.5, 0.6) is 0 Å². The number of hydrogen-bond donors (Lipinski definition) is 2. The van der Waals surface area contributed by atoms with Crippen molar-refractivity contribution in [3.63, 3.8) is 0 Å². The number of hydrogen-bond acceptors (Lipinski definition) is 3. The lowest BCUT2D eigenvalue weighted by atomic mass is 9.81. The van der Waals surface area contributed by atoms with Crippen LogP contribution in [0.4, 0.5) is 0 Å². The molecule has 0 spiro atoms. The lowest BCUT2D eigenvalue weighted by Crippen LogP contribution is -2.27. The van der Waals surface area contributed by atoms with Crippen LogP contribution in [0.15, 0.2) is 17.1 Å². The molecule has 0 radical (unpaired) electrons. The zero-order valence-electron chi connectivity index (χ0n) is 10.3. The Kier molecular flexibility index (Phi) is 3.60. The highest BCUT2D eigenvalue weighted by molar-refractivity contribution is 6.00. The van der Waals surface area contributed by atoms with E-state index in [4.69, 9.17) is 0 Å². The van der Waals surface area contributed by atoms with E-state index in [1.165, 1.54) is 25.7 Å². The Morgan fingerprint density at radius 2 is 2.17 bits per heavy atom. The molecule has 1 fully saturated rings. The van der Waals surface area contributed by atoms with Gasteiger partial charge in [-0.15, -0.1) is 0 Å². The molecule has 1 aliphatic rings.